The first kappa shape index (κ1) is 14.5. The van der Waals surface area contributed by atoms with Gasteiger partial charge in [-0.3, -0.25) is 0 Å². The molecule has 2 rings (SSSR count). The van der Waals surface area contributed by atoms with Crippen LogP contribution in [0.3, 0.4) is 0 Å². The van der Waals surface area contributed by atoms with Crippen molar-refractivity contribution >= 4 is 0 Å². The lowest BCUT2D eigenvalue weighted by molar-refractivity contribution is 0.640. The summed E-state index contributed by atoms with van der Waals surface area (Å²) in [7, 11) is 0. The lowest BCUT2D eigenvalue weighted by Gasteiger charge is -2.26. The quantitative estimate of drug-likeness (QED) is 0.671. The van der Waals surface area contributed by atoms with Crippen LogP contribution >= 0.6 is 0 Å². The fourth-order valence-corrected chi connectivity index (χ4v) is 2.11. The standard InChI is InChI=1S/C17H20.CH4/c1-13-5-9-15(10-6-13)17(3,4)16-11-7-14(2)8-12-16;/h5-12H,1-4H3;1H4. The summed E-state index contributed by atoms with van der Waals surface area (Å²) in [5.41, 5.74) is 5.43. The van der Waals surface area contributed by atoms with Crippen molar-refractivity contribution in [2.45, 2.75) is 40.5 Å². The molecule has 96 valence electrons. The normalized spacial score (nSPS) is 10.9. The predicted molar refractivity (Wildman–Crippen MR) is 81.2 cm³/mol. The summed E-state index contributed by atoms with van der Waals surface area (Å²) in [5.74, 6) is 0. The Balaban J connectivity index is 0.00000162. The van der Waals surface area contributed by atoms with Crippen molar-refractivity contribution in [2.75, 3.05) is 0 Å². The molecule has 0 saturated heterocycles. The Labute approximate surface area is 112 Å². The highest BCUT2D eigenvalue weighted by molar-refractivity contribution is 5.39. The zero-order chi connectivity index (χ0) is 12.5. The van der Waals surface area contributed by atoms with Crippen LogP contribution in [0.2, 0.25) is 0 Å². The average molecular weight is 240 g/mol. The van der Waals surface area contributed by atoms with E-state index in [0.29, 0.717) is 0 Å². The fraction of sp³-hybridized carbons (Fsp3) is 0.333. The van der Waals surface area contributed by atoms with E-state index in [2.05, 4.69) is 76.2 Å². The lowest BCUT2D eigenvalue weighted by atomic mass is 9.78. The molecule has 0 nitrogen and oxygen atoms in total. The van der Waals surface area contributed by atoms with Gasteiger partial charge in [0.2, 0.25) is 0 Å². The van der Waals surface area contributed by atoms with Gasteiger partial charge in [-0.1, -0.05) is 80.9 Å². The van der Waals surface area contributed by atoms with Crippen LogP contribution in [-0.4, -0.2) is 0 Å². The van der Waals surface area contributed by atoms with E-state index >= 15 is 0 Å². The first-order valence-electron chi connectivity index (χ1n) is 6.14. The minimum absolute atomic E-state index is 0. The smallest absolute Gasteiger partial charge is 0.0146 e. The van der Waals surface area contributed by atoms with Gasteiger partial charge in [0.15, 0.2) is 0 Å². The van der Waals surface area contributed by atoms with Crippen LogP contribution in [0.15, 0.2) is 48.5 Å². The molecule has 0 atom stereocenters. The maximum atomic E-state index is 2.28. The maximum absolute atomic E-state index is 2.28. The van der Waals surface area contributed by atoms with Crippen LogP contribution in [0.4, 0.5) is 0 Å². The molecule has 0 aliphatic rings. The summed E-state index contributed by atoms with van der Waals surface area (Å²) in [6.07, 6.45) is 0. The van der Waals surface area contributed by atoms with E-state index in [1.807, 2.05) is 0 Å². The molecule has 0 fully saturated rings. The Kier molecular flexibility index (Phi) is 4.34. The van der Waals surface area contributed by atoms with Gasteiger partial charge in [-0.2, -0.15) is 0 Å². The van der Waals surface area contributed by atoms with Crippen molar-refractivity contribution in [1.82, 2.24) is 0 Å². The zero-order valence-corrected chi connectivity index (χ0v) is 11.1. The molecular weight excluding hydrogens is 216 g/mol. The van der Waals surface area contributed by atoms with Gasteiger partial charge < -0.3 is 0 Å². The predicted octanol–water partition coefficient (Wildman–Crippen LogP) is 5.27. The van der Waals surface area contributed by atoms with Crippen molar-refractivity contribution in [3.63, 3.8) is 0 Å². The summed E-state index contributed by atoms with van der Waals surface area (Å²) in [6, 6.07) is 17.7. The van der Waals surface area contributed by atoms with Crippen molar-refractivity contribution in [2.24, 2.45) is 0 Å². The molecule has 0 N–H and O–H groups in total. The Morgan fingerprint density at radius 3 is 1.17 bits per heavy atom. The molecule has 0 heterocycles. The zero-order valence-electron chi connectivity index (χ0n) is 11.1. The molecule has 0 unspecified atom stereocenters. The van der Waals surface area contributed by atoms with Gasteiger partial charge in [0, 0.05) is 5.41 Å². The number of rotatable bonds is 2. The third-order valence-corrected chi connectivity index (χ3v) is 3.55. The molecule has 0 aliphatic heterocycles. The molecular formula is C18H24. The van der Waals surface area contributed by atoms with E-state index in [4.69, 9.17) is 0 Å². The topological polar surface area (TPSA) is 0 Å². The second-order valence-electron chi connectivity index (χ2n) is 5.36. The molecule has 0 saturated carbocycles. The van der Waals surface area contributed by atoms with Gasteiger partial charge >= 0.3 is 0 Å². The molecule has 2 aromatic carbocycles. The van der Waals surface area contributed by atoms with Crippen LogP contribution in [0.5, 0.6) is 0 Å². The number of hydrogen-bond acceptors (Lipinski definition) is 0. The molecule has 0 aromatic heterocycles. The lowest BCUT2D eigenvalue weighted by Crippen LogP contribution is -2.18. The monoisotopic (exact) mass is 240 g/mol. The third kappa shape index (κ3) is 2.81. The van der Waals surface area contributed by atoms with Gasteiger partial charge in [-0.15, -0.1) is 0 Å². The summed E-state index contributed by atoms with van der Waals surface area (Å²) in [5, 5.41) is 0. The van der Waals surface area contributed by atoms with E-state index in [9.17, 15) is 0 Å². The Morgan fingerprint density at radius 1 is 0.611 bits per heavy atom. The van der Waals surface area contributed by atoms with Gasteiger partial charge in [0.25, 0.3) is 0 Å². The van der Waals surface area contributed by atoms with Gasteiger partial charge in [-0.05, 0) is 25.0 Å². The molecule has 0 amide bonds. The van der Waals surface area contributed by atoms with Gasteiger partial charge in [-0.25, -0.2) is 0 Å². The molecule has 2 aromatic rings. The Morgan fingerprint density at radius 2 is 0.889 bits per heavy atom. The molecule has 0 aliphatic carbocycles. The third-order valence-electron chi connectivity index (χ3n) is 3.55. The molecule has 0 spiro atoms. The number of benzene rings is 2. The van der Waals surface area contributed by atoms with Crippen LogP contribution in [0.1, 0.15) is 43.5 Å². The SMILES string of the molecule is C.Cc1ccc(C(C)(C)c2ccc(C)cc2)cc1. The number of aryl methyl sites for hydroxylation is 2. The summed E-state index contributed by atoms with van der Waals surface area (Å²) < 4.78 is 0. The summed E-state index contributed by atoms with van der Waals surface area (Å²) in [4.78, 5) is 0. The second-order valence-corrected chi connectivity index (χ2v) is 5.36. The van der Waals surface area contributed by atoms with Crippen molar-refractivity contribution in [3.8, 4) is 0 Å². The second kappa shape index (κ2) is 5.39. The first-order chi connectivity index (χ1) is 8.00. The van der Waals surface area contributed by atoms with E-state index < -0.39 is 0 Å². The van der Waals surface area contributed by atoms with E-state index in [1.165, 1.54) is 22.3 Å². The molecule has 0 heteroatoms. The molecule has 0 radical (unpaired) electrons. The van der Waals surface area contributed by atoms with Crippen LogP contribution < -0.4 is 0 Å². The summed E-state index contributed by atoms with van der Waals surface area (Å²) in [6.45, 7) is 8.82. The van der Waals surface area contributed by atoms with Gasteiger partial charge in [0.05, 0.1) is 0 Å². The van der Waals surface area contributed by atoms with Crippen molar-refractivity contribution < 1.29 is 0 Å². The van der Waals surface area contributed by atoms with E-state index in [-0.39, 0.29) is 12.8 Å². The van der Waals surface area contributed by atoms with Crippen molar-refractivity contribution in [3.05, 3.63) is 70.8 Å². The highest BCUT2D eigenvalue weighted by Crippen LogP contribution is 2.31. The fourth-order valence-electron chi connectivity index (χ4n) is 2.11. The highest BCUT2D eigenvalue weighted by Gasteiger charge is 2.22. The maximum Gasteiger partial charge on any atom is 0.0146 e. The van der Waals surface area contributed by atoms with Gasteiger partial charge in [0.1, 0.15) is 0 Å². The largest absolute Gasteiger partial charge is 0.0776 e. The molecule has 0 bridgehead atoms. The minimum atomic E-state index is 0. The van der Waals surface area contributed by atoms with Crippen LogP contribution in [-0.2, 0) is 5.41 Å². The Hall–Kier alpha value is -1.56. The Bertz CT molecular complexity index is 439. The van der Waals surface area contributed by atoms with E-state index in [0.717, 1.165) is 0 Å². The van der Waals surface area contributed by atoms with E-state index in [1.54, 1.807) is 0 Å². The van der Waals surface area contributed by atoms with Crippen molar-refractivity contribution in [1.29, 1.82) is 0 Å². The summed E-state index contributed by atoms with van der Waals surface area (Å²) >= 11 is 0. The molecule has 18 heavy (non-hydrogen) atoms. The average Bonchev–Trinajstić information content (AvgIpc) is 2.30. The number of hydrogen-bond donors (Lipinski definition) is 0. The highest BCUT2D eigenvalue weighted by atomic mass is 14.3. The van der Waals surface area contributed by atoms with Crippen LogP contribution in [0, 0.1) is 13.8 Å². The first-order valence-corrected chi connectivity index (χ1v) is 6.14. The minimum Gasteiger partial charge on any atom is -0.0776 e. The van der Waals surface area contributed by atoms with Crippen LogP contribution in [0.25, 0.3) is 0 Å².